The van der Waals surface area contributed by atoms with Crippen molar-refractivity contribution in [2.75, 3.05) is 19.8 Å². The number of carbonyl (C=O) groups is 3. The fourth-order valence-corrected chi connectivity index (χ4v) is 4.01. The van der Waals surface area contributed by atoms with Crippen molar-refractivity contribution in [3.63, 3.8) is 0 Å². The van der Waals surface area contributed by atoms with Gasteiger partial charge in [-0.1, -0.05) is 54.6 Å². The summed E-state index contributed by atoms with van der Waals surface area (Å²) in [6.45, 7) is -0.810. The minimum absolute atomic E-state index is 0.122. The maximum Gasteiger partial charge on any atom is 0.338 e. The van der Waals surface area contributed by atoms with E-state index >= 15 is 0 Å². The monoisotopic (exact) mass is 535 g/mol. The third-order valence-corrected chi connectivity index (χ3v) is 5.96. The standard InChI is InChI=1S/C29H29NO9/c30-23-25(39-28(34)21-14-8-3-9-15-21)24(38-27(33)20-12-6-2-7-13-20)22(37-29(23)35-17-16-31)18-36-26(32)19-10-4-1-5-11-19/h1-15,22-25,29,31H,16-18,30H2. The van der Waals surface area contributed by atoms with E-state index in [0.717, 1.165) is 0 Å². The van der Waals surface area contributed by atoms with Crippen LogP contribution in [0.15, 0.2) is 91.0 Å². The van der Waals surface area contributed by atoms with Crippen molar-refractivity contribution >= 4 is 17.9 Å². The Morgan fingerprint density at radius 3 is 1.67 bits per heavy atom. The third-order valence-electron chi connectivity index (χ3n) is 5.96. The Hall–Kier alpha value is -4.09. The molecule has 3 aromatic rings. The largest absolute Gasteiger partial charge is 0.459 e. The molecular weight excluding hydrogens is 506 g/mol. The van der Waals surface area contributed by atoms with Crippen molar-refractivity contribution in [3.05, 3.63) is 108 Å². The van der Waals surface area contributed by atoms with Gasteiger partial charge in [0, 0.05) is 0 Å². The summed E-state index contributed by atoms with van der Waals surface area (Å²) in [5.74, 6) is -2.06. The Balaban J connectivity index is 1.62. The number of benzene rings is 3. The molecule has 0 saturated carbocycles. The summed E-state index contributed by atoms with van der Waals surface area (Å²) in [7, 11) is 0. The van der Waals surface area contributed by atoms with Crippen LogP contribution in [0.1, 0.15) is 31.1 Å². The minimum Gasteiger partial charge on any atom is -0.459 e. The molecule has 0 aromatic heterocycles. The summed E-state index contributed by atoms with van der Waals surface area (Å²) in [6.07, 6.45) is -4.80. The molecule has 1 heterocycles. The number of ether oxygens (including phenoxy) is 5. The van der Waals surface area contributed by atoms with Gasteiger partial charge in [-0.05, 0) is 36.4 Å². The molecule has 0 amide bonds. The SMILES string of the molecule is NC1C(OCCO)OC(COC(=O)c2ccccc2)C(OC(=O)c2ccccc2)C1OC(=O)c1ccccc1. The predicted octanol–water partition coefficient (Wildman–Crippen LogP) is 2.36. The number of rotatable bonds is 10. The molecule has 10 heteroatoms. The lowest BCUT2D eigenvalue weighted by molar-refractivity contribution is -0.265. The number of carbonyl (C=O) groups excluding carboxylic acids is 3. The summed E-state index contributed by atoms with van der Waals surface area (Å²) in [6, 6.07) is 23.6. The van der Waals surface area contributed by atoms with Gasteiger partial charge >= 0.3 is 17.9 Å². The average molecular weight is 536 g/mol. The Bertz CT molecular complexity index is 1220. The van der Waals surface area contributed by atoms with Crippen molar-refractivity contribution in [2.45, 2.75) is 30.6 Å². The molecule has 3 aromatic carbocycles. The van der Waals surface area contributed by atoms with Crippen molar-refractivity contribution in [3.8, 4) is 0 Å². The third kappa shape index (κ3) is 7.27. The fourth-order valence-electron chi connectivity index (χ4n) is 4.01. The van der Waals surface area contributed by atoms with E-state index in [1.165, 1.54) is 0 Å². The molecule has 0 bridgehead atoms. The minimum atomic E-state index is -1.27. The highest BCUT2D eigenvalue weighted by Crippen LogP contribution is 2.28. The summed E-state index contributed by atoms with van der Waals surface area (Å²) < 4.78 is 28.5. The van der Waals surface area contributed by atoms with E-state index in [-0.39, 0.29) is 30.9 Å². The normalized spacial score (nSPS) is 22.5. The lowest BCUT2D eigenvalue weighted by atomic mass is 9.96. The smallest absolute Gasteiger partial charge is 0.338 e. The van der Waals surface area contributed by atoms with Crippen molar-refractivity contribution in [2.24, 2.45) is 5.73 Å². The number of hydrogen-bond donors (Lipinski definition) is 2. The van der Waals surface area contributed by atoms with E-state index in [1.807, 2.05) is 0 Å². The second-order valence-electron chi connectivity index (χ2n) is 8.65. The van der Waals surface area contributed by atoms with E-state index < -0.39 is 48.6 Å². The molecule has 4 rings (SSSR count). The molecule has 1 saturated heterocycles. The molecule has 39 heavy (non-hydrogen) atoms. The van der Waals surface area contributed by atoms with E-state index in [1.54, 1.807) is 91.0 Å². The maximum atomic E-state index is 13.0. The fraction of sp³-hybridized carbons (Fsp3) is 0.276. The first kappa shape index (κ1) is 27.9. The van der Waals surface area contributed by atoms with Crippen LogP contribution in [0.2, 0.25) is 0 Å². The van der Waals surface area contributed by atoms with Crippen molar-refractivity contribution < 1.29 is 43.2 Å². The Morgan fingerprint density at radius 1 is 0.718 bits per heavy atom. The van der Waals surface area contributed by atoms with Crippen molar-refractivity contribution in [1.82, 2.24) is 0 Å². The number of aliphatic hydroxyl groups excluding tert-OH is 1. The van der Waals surface area contributed by atoms with E-state index in [2.05, 4.69) is 0 Å². The first-order chi connectivity index (χ1) is 19.0. The Kier molecular flexibility index (Phi) is 9.76. The highest BCUT2D eigenvalue weighted by Gasteiger charge is 2.50. The highest BCUT2D eigenvalue weighted by molar-refractivity contribution is 5.91. The predicted molar refractivity (Wildman–Crippen MR) is 138 cm³/mol. The zero-order chi connectivity index (χ0) is 27.6. The van der Waals surface area contributed by atoms with Gasteiger partial charge in [0.25, 0.3) is 0 Å². The highest BCUT2D eigenvalue weighted by atomic mass is 16.7. The zero-order valence-corrected chi connectivity index (χ0v) is 21.0. The van der Waals surface area contributed by atoms with Crippen LogP contribution in [-0.2, 0) is 23.7 Å². The molecule has 5 unspecified atom stereocenters. The van der Waals surface area contributed by atoms with Crippen LogP contribution >= 0.6 is 0 Å². The van der Waals surface area contributed by atoms with Crippen LogP contribution < -0.4 is 5.73 Å². The zero-order valence-electron chi connectivity index (χ0n) is 21.0. The van der Waals surface area contributed by atoms with Crippen molar-refractivity contribution in [1.29, 1.82) is 0 Å². The number of nitrogens with two attached hydrogens (primary N) is 1. The van der Waals surface area contributed by atoms with Crippen LogP contribution in [0.3, 0.4) is 0 Å². The van der Waals surface area contributed by atoms with Crippen LogP contribution in [0, 0.1) is 0 Å². The molecule has 10 nitrogen and oxygen atoms in total. The van der Waals surface area contributed by atoms with Gasteiger partial charge in [0.15, 0.2) is 18.5 Å². The molecule has 204 valence electrons. The number of hydrogen-bond acceptors (Lipinski definition) is 10. The van der Waals surface area contributed by atoms with Gasteiger partial charge < -0.3 is 34.5 Å². The van der Waals surface area contributed by atoms with E-state index in [4.69, 9.17) is 29.4 Å². The molecule has 0 radical (unpaired) electrons. The summed E-state index contributed by atoms with van der Waals surface area (Å²) in [4.78, 5) is 38.7. The van der Waals surface area contributed by atoms with Gasteiger partial charge in [-0.15, -0.1) is 0 Å². The average Bonchev–Trinajstić information content (AvgIpc) is 2.99. The summed E-state index contributed by atoms with van der Waals surface area (Å²) in [5, 5.41) is 9.26. The molecule has 5 atom stereocenters. The molecular formula is C29H29NO9. The van der Waals surface area contributed by atoms with Gasteiger partial charge in [-0.25, -0.2) is 14.4 Å². The molecule has 1 fully saturated rings. The van der Waals surface area contributed by atoms with Gasteiger partial charge in [0.2, 0.25) is 0 Å². The Labute approximate surface area is 225 Å². The first-order valence-electron chi connectivity index (χ1n) is 12.4. The van der Waals surface area contributed by atoms with E-state index in [9.17, 15) is 19.5 Å². The van der Waals surface area contributed by atoms with Gasteiger partial charge in [0.05, 0.1) is 35.9 Å². The van der Waals surface area contributed by atoms with Gasteiger partial charge in [-0.3, -0.25) is 0 Å². The maximum absolute atomic E-state index is 13.0. The van der Waals surface area contributed by atoms with Gasteiger partial charge in [-0.2, -0.15) is 0 Å². The Morgan fingerprint density at radius 2 is 1.18 bits per heavy atom. The summed E-state index contributed by atoms with van der Waals surface area (Å²) in [5.41, 5.74) is 7.21. The van der Waals surface area contributed by atoms with Crippen LogP contribution in [0.25, 0.3) is 0 Å². The quantitative estimate of drug-likeness (QED) is 0.293. The van der Waals surface area contributed by atoms with Crippen LogP contribution in [0.5, 0.6) is 0 Å². The lowest BCUT2D eigenvalue weighted by Gasteiger charge is -2.43. The van der Waals surface area contributed by atoms with Gasteiger partial charge in [0.1, 0.15) is 12.7 Å². The second-order valence-corrected chi connectivity index (χ2v) is 8.65. The number of esters is 3. The molecule has 1 aliphatic rings. The topological polar surface area (TPSA) is 144 Å². The lowest BCUT2D eigenvalue weighted by Crippen LogP contribution is -2.65. The second kappa shape index (κ2) is 13.6. The molecule has 0 aliphatic carbocycles. The number of aliphatic hydroxyl groups is 1. The first-order valence-corrected chi connectivity index (χ1v) is 12.4. The van der Waals surface area contributed by atoms with Crippen LogP contribution in [-0.4, -0.2) is 73.5 Å². The summed E-state index contributed by atoms with van der Waals surface area (Å²) >= 11 is 0. The molecule has 1 aliphatic heterocycles. The van der Waals surface area contributed by atoms with Crippen LogP contribution in [0.4, 0.5) is 0 Å². The molecule has 3 N–H and O–H groups in total. The van der Waals surface area contributed by atoms with E-state index in [0.29, 0.717) is 5.56 Å². The molecule has 0 spiro atoms.